The quantitative estimate of drug-likeness (QED) is 0.351. The van der Waals surface area contributed by atoms with Gasteiger partial charge < -0.3 is 4.74 Å². The summed E-state index contributed by atoms with van der Waals surface area (Å²) in [5, 5.41) is 10.6. The Balaban J connectivity index is 3.35. The topological polar surface area (TPSA) is 78.2 Å². The summed E-state index contributed by atoms with van der Waals surface area (Å²) in [6.07, 6.45) is 0. The summed E-state index contributed by atoms with van der Waals surface area (Å²) in [4.78, 5) is 17.8. The molecule has 0 atom stereocenters. The highest BCUT2D eigenvalue weighted by Crippen LogP contribution is 2.29. The molecule has 0 unspecified atom stereocenters. The zero-order chi connectivity index (χ0) is 12.3. The summed E-state index contributed by atoms with van der Waals surface area (Å²) >= 11 is 5.68. The lowest BCUT2D eigenvalue weighted by Gasteiger charge is -2.07. The molecular formula is C9H10ClN3O3. The third kappa shape index (κ3) is 2.46. The van der Waals surface area contributed by atoms with Crippen molar-refractivity contribution in [2.24, 2.45) is 0 Å². The Morgan fingerprint density at radius 1 is 1.62 bits per heavy atom. The van der Waals surface area contributed by atoms with E-state index < -0.39 is 4.92 Å². The average Bonchev–Trinajstić information content (AvgIpc) is 2.15. The molecule has 1 heterocycles. The van der Waals surface area contributed by atoms with Crippen LogP contribution in [0.5, 0.6) is 0 Å². The molecule has 0 aromatic carbocycles. The molecule has 0 saturated heterocycles. The van der Waals surface area contributed by atoms with E-state index in [1.165, 1.54) is 0 Å². The molecule has 0 fully saturated rings. The number of nitro groups is 1. The normalized spacial score (nSPS) is 9.94. The number of hydrogen-bond acceptors (Lipinski definition) is 5. The Hall–Kier alpha value is -1.69. The molecule has 1 aromatic heterocycles. The number of rotatable bonds is 4. The highest BCUT2D eigenvalue weighted by molar-refractivity contribution is 6.31. The van der Waals surface area contributed by atoms with E-state index >= 15 is 0 Å². The first-order valence-electron chi connectivity index (χ1n) is 4.48. The first-order chi connectivity index (χ1) is 7.47. The SMILES string of the molecule is C=C(OCC)c1nc(C)nc(Cl)c1[N+](=O)[O-]. The van der Waals surface area contributed by atoms with Crippen LogP contribution in [0.25, 0.3) is 5.76 Å². The summed E-state index contributed by atoms with van der Waals surface area (Å²) in [5.74, 6) is 0.438. The van der Waals surface area contributed by atoms with Gasteiger partial charge in [-0.05, 0) is 13.8 Å². The van der Waals surface area contributed by atoms with Crippen LogP contribution in [0.2, 0.25) is 5.15 Å². The molecule has 0 bridgehead atoms. The molecule has 0 aliphatic rings. The fraction of sp³-hybridized carbons (Fsp3) is 0.333. The third-order valence-electron chi connectivity index (χ3n) is 1.72. The van der Waals surface area contributed by atoms with Gasteiger partial charge in [-0.25, -0.2) is 9.97 Å². The Bertz CT molecular complexity index is 448. The van der Waals surface area contributed by atoms with E-state index in [-0.39, 0.29) is 22.3 Å². The van der Waals surface area contributed by atoms with Crippen molar-refractivity contribution in [1.82, 2.24) is 9.97 Å². The van der Waals surface area contributed by atoms with Gasteiger partial charge in [0.1, 0.15) is 11.6 Å². The van der Waals surface area contributed by atoms with Crippen LogP contribution in [0.4, 0.5) is 5.69 Å². The van der Waals surface area contributed by atoms with Gasteiger partial charge in [-0.3, -0.25) is 10.1 Å². The van der Waals surface area contributed by atoms with Crippen LogP contribution in [0, 0.1) is 17.0 Å². The molecule has 1 aromatic rings. The van der Waals surface area contributed by atoms with Crippen molar-refractivity contribution in [3.63, 3.8) is 0 Å². The molecule has 0 aliphatic heterocycles. The van der Waals surface area contributed by atoms with Crippen LogP contribution >= 0.6 is 11.6 Å². The predicted octanol–water partition coefficient (Wildman–Crippen LogP) is 2.35. The number of nitrogens with zero attached hydrogens (tertiary/aromatic N) is 3. The molecular weight excluding hydrogens is 234 g/mol. The van der Waals surface area contributed by atoms with Crippen molar-refractivity contribution < 1.29 is 9.66 Å². The first kappa shape index (κ1) is 12.4. The molecule has 0 radical (unpaired) electrons. The lowest BCUT2D eigenvalue weighted by molar-refractivity contribution is -0.385. The number of hydrogen-bond donors (Lipinski definition) is 0. The Labute approximate surface area is 97.1 Å². The largest absolute Gasteiger partial charge is 0.492 e. The van der Waals surface area contributed by atoms with Crippen LogP contribution in [-0.4, -0.2) is 21.5 Å². The summed E-state index contributed by atoms with van der Waals surface area (Å²) < 4.78 is 5.08. The molecule has 1 rings (SSSR count). The molecule has 16 heavy (non-hydrogen) atoms. The average molecular weight is 244 g/mol. The summed E-state index contributed by atoms with van der Waals surface area (Å²) in [5.41, 5.74) is -0.366. The van der Waals surface area contributed by atoms with Gasteiger partial charge in [-0.1, -0.05) is 18.2 Å². The van der Waals surface area contributed by atoms with E-state index in [0.29, 0.717) is 12.4 Å². The summed E-state index contributed by atoms with van der Waals surface area (Å²) in [7, 11) is 0. The lowest BCUT2D eigenvalue weighted by atomic mass is 10.3. The van der Waals surface area contributed by atoms with Gasteiger partial charge in [-0.15, -0.1) is 0 Å². The number of aromatic nitrogens is 2. The predicted molar refractivity (Wildman–Crippen MR) is 59.1 cm³/mol. The van der Waals surface area contributed by atoms with Gasteiger partial charge in [-0.2, -0.15) is 0 Å². The van der Waals surface area contributed by atoms with Gasteiger partial charge in [0.15, 0.2) is 5.69 Å². The second-order valence-corrected chi connectivity index (χ2v) is 3.23. The van der Waals surface area contributed by atoms with E-state index in [1.807, 2.05) is 0 Å². The second-order valence-electron chi connectivity index (χ2n) is 2.87. The maximum atomic E-state index is 10.8. The van der Waals surface area contributed by atoms with E-state index in [0.717, 1.165) is 0 Å². The van der Waals surface area contributed by atoms with Crippen molar-refractivity contribution in [3.8, 4) is 0 Å². The maximum Gasteiger partial charge on any atom is 0.335 e. The van der Waals surface area contributed by atoms with Gasteiger partial charge in [0.2, 0.25) is 5.15 Å². The smallest absolute Gasteiger partial charge is 0.335 e. The summed E-state index contributed by atoms with van der Waals surface area (Å²) in [6.45, 7) is 7.23. The van der Waals surface area contributed by atoms with Crippen molar-refractivity contribution in [2.45, 2.75) is 13.8 Å². The molecule has 6 nitrogen and oxygen atoms in total. The van der Waals surface area contributed by atoms with Gasteiger partial charge in [0.05, 0.1) is 11.5 Å². The first-order valence-corrected chi connectivity index (χ1v) is 4.85. The highest BCUT2D eigenvalue weighted by Gasteiger charge is 2.25. The minimum atomic E-state index is -0.651. The zero-order valence-electron chi connectivity index (χ0n) is 8.86. The monoisotopic (exact) mass is 243 g/mol. The number of halogens is 1. The minimum Gasteiger partial charge on any atom is -0.492 e. The third-order valence-corrected chi connectivity index (χ3v) is 1.98. The Morgan fingerprint density at radius 3 is 2.75 bits per heavy atom. The van der Waals surface area contributed by atoms with Crippen LogP contribution in [0.1, 0.15) is 18.4 Å². The molecule has 0 spiro atoms. The minimum absolute atomic E-state index is 0.0179. The van der Waals surface area contributed by atoms with Crippen LogP contribution in [-0.2, 0) is 4.74 Å². The molecule has 0 saturated carbocycles. The summed E-state index contributed by atoms with van der Waals surface area (Å²) in [6, 6.07) is 0. The second kappa shape index (κ2) is 4.89. The number of aryl methyl sites for hydroxylation is 1. The lowest BCUT2D eigenvalue weighted by Crippen LogP contribution is -2.04. The van der Waals surface area contributed by atoms with Crippen LogP contribution in [0.15, 0.2) is 6.58 Å². The highest BCUT2D eigenvalue weighted by atomic mass is 35.5. The van der Waals surface area contributed by atoms with Crippen molar-refractivity contribution in [2.75, 3.05) is 6.61 Å². The standard InChI is InChI=1S/C9H10ClN3O3/c1-4-16-5(2)7-8(13(14)15)9(10)12-6(3)11-7/h2,4H2,1,3H3. The van der Waals surface area contributed by atoms with E-state index in [4.69, 9.17) is 16.3 Å². The van der Waals surface area contributed by atoms with Crippen molar-refractivity contribution in [1.29, 1.82) is 0 Å². The Kier molecular flexibility index (Phi) is 3.78. The van der Waals surface area contributed by atoms with Crippen LogP contribution in [0.3, 0.4) is 0 Å². The zero-order valence-corrected chi connectivity index (χ0v) is 9.61. The van der Waals surface area contributed by atoms with Crippen molar-refractivity contribution >= 4 is 23.0 Å². The van der Waals surface area contributed by atoms with Gasteiger partial charge >= 0.3 is 5.69 Å². The van der Waals surface area contributed by atoms with Crippen LogP contribution < -0.4 is 0 Å². The van der Waals surface area contributed by atoms with Crippen molar-refractivity contribution in [3.05, 3.63) is 33.4 Å². The van der Waals surface area contributed by atoms with E-state index in [1.54, 1.807) is 13.8 Å². The fourth-order valence-corrected chi connectivity index (χ4v) is 1.41. The van der Waals surface area contributed by atoms with Gasteiger partial charge in [0.25, 0.3) is 0 Å². The number of ether oxygens (including phenoxy) is 1. The maximum absolute atomic E-state index is 10.8. The van der Waals surface area contributed by atoms with E-state index in [2.05, 4.69) is 16.5 Å². The van der Waals surface area contributed by atoms with E-state index in [9.17, 15) is 10.1 Å². The molecule has 0 aliphatic carbocycles. The molecule has 7 heteroatoms. The molecule has 86 valence electrons. The Morgan fingerprint density at radius 2 is 2.25 bits per heavy atom. The molecule has 0 N–H and O–H groups in total. The van der Waals surface area contributed by atoms with Gasteiger partial charge in [0, 0.05) is 0 Å². The molecule has 0 amide bonds. The fourth-order valence-electron chi connectivity index (χ4n) is 1.13.